The van der Waals surface area contributed by atoms with Crippen LogP contribution >= 0.6 is 23.5 Å². The summed E-state index contributed by atoms with van der Waals surface area (Å²) in [5.41, 5.74) is 12.8. The quantitative estimate of drug-likeness (QED) is 0.180. The van der Waals surface area contributed by atoms with Crippen LogP contribution in [-0.2, 0) is 5.41 Å². The first kappa shape index (κ1) is 28.7. The Kier molecular flexibility index (Phi) is 5.98. The summed E-state index contributed by atoms with van der Waals surface area (Å²) >= 11 is 3.79. The van der Waals surface area contributed by atoms with Gasteiger partial charge in [0.15, 0.2) is 0 Å². The zero-order valence-corrected chi connectivity index (χ0v) is 29.4. The maximum absolute atomic E-state index is 2.54. The summed E-state index contributed by atoms with van der Waals surface area (Å²) < 4.78 is 4.95. The van der Waals surface area contributed by atoms with Gasteiger partial charge >= 0.3 is 0 Å². The number of hydrogen-bond acceptors (Lipinski definition) is 2. The van der Waals surface area contributed by atoms with Gasteiger partial charge in [-0.25, -0.2) is 0 Å². The van der Waals surface area contributed by atoms with Crippen molar-refractivity contribution < 1.29 is 0 Å². The maximum atomic E-state index is 2.54. The standard InChI is InChI=1S/C46H32N2S2/c1-46(2)36-17-9-7-15-30(36)32-24-34-35-25-44-45(50-43-20-12-11-19-42(43)49-44)27-41(35)48(40(34)26-37(32)46)29-21-22-39-33(23-29)31-16-8-10-18-38(31)47(39)28-13-5-3-4-6-14-28/h3,5-27H,4H2,1-2H3. The minimum Gasteiger partial charge on any atom is -0.309 e. The lowest BCUT2D eigenvalue weighted by Crippen LogP contribution is -2.14. The number of rotatable bonds is 2. The predicted octanol–water partition coefficient (Wildman–Crippen LogP) is 13.2. The van der Waals surface area contributed by atoms with E-state index in [2.05, 4.69) is 169 Å². The van der Waals surface area contributed by atoms with Crippen LogP contribution in [-0.4, -0.2) is 9.13 Å². The van der Waals surface area contributed by atoms with Gasteiger partial charge in [0.25, 0.3) is 0 Å². The summed E-state index contributed by atoms with van der Waals surface area (Å²) in [6.45, 7) is 4.76. The fourth-order valence-electron chi connectivity index (χ4n) is 8.61. The van der Waals surface area contributed by atoms with Crippen LogP contribution in [0.5, 0.6) is 0 Å². The molecular formula is C46H32N2S2. The van der Waals surface area contributed by atoms with Gasteiger partial charge in [-0.15, -0.1) is 0 Å². The van der Waals surface area contributed by atoms with Crippen molar-refractivity contribution in [2.45, 2.75) is 45.3 Å². The fourth-order valence-corrected chi connectivity index (χ4v) is 10.9. The highest BCUT2D eigenvalue weighted by molar-refractivity contribution is 8.05. The van der Waals surface area contributed by atoms with Crippen LogP contribution in [0.15, 0.2) is 165 Å². The SMILES string of the molecule is CC1(C)c2ccccc2-c2cc3c4cc5c(cc4n(-c4ccc6c(c4)c4ccccc4n6C4=CC=CCC=C4)c3cc21)Sc1ccccc1S5. The molecule has 0 unspecified atom stereocenters. The largest absolute Gasteiger partial charge is 0.309 e. The van der Waals surface area contributed by atoms with Crippen LogP contribution in [0.1, 0.15) is 31.4 Å². The third kappa shape index (κ3) is 3.95. The third-order valence-electron chi connectivity index (χ3n) is 11.0. The Morgan fingerprint density at radius 1 is 0.520 bits per heavy atom. The van der Waals surface area contributed by atoms with E-state index in [0.717, 1.165) is 6.42 Å². The highest BCUT2D eigenvalue weighted by atomic mass is 32.2. The van der Waals surface area contributed by atoms with E-state index in [0.29, 0.717) is 0 Å². The third-order valence-corrected chi connectivity index (χ3v) is 13.5. The topological polar surface area (TPSA) is 9.86 Å². The van der Waals surface area contributed by atoms with E-state index in [1.807, 2.05) is 23.5 Å². The molecule has 3 heterocycles. The number of fused-ring (bicyclic) bond motifs is 11. The molecule has 8 aromatic rings. The van der Waals surface area contributed by atoms with Crippen LogP contribution < -0.4 is 0 Å². The lowest BCUT2D eigenvalue weighted by molar-refractivity contribution is 0.661. The molecule has 238 valence electrons. The Labute approximate surface area is 299 Å². The van der Waals surface area contributed by atoms with Crippen LogP contribution in [0, 0.1) is 0 Å². The molecular weight excluding hydrogens is 645 g/mol. The normalized spacial score (nSPS) is 15.7. The second kappa shape index (κ2) is 10.4. The van der Waals surface area contributed by atoms with Crippen LogP contribution in [0.3, 0.4) is 0 Å². The summed E-state index contributed by atoms with van der Waals surface area (Å²) in [5.74, 6) is 0. The van der Waals surface area contributed by atoms with Crippen LogP contribution in [0.4, 0.5) is 0 Å². The van der Waals surface area contributed by atoms with Gasteiger partial charge in [0.05, 0.1) is 22.1 Å². The summed E-state index contributed by atoms with van der Waals surface area (Å²) in [6.07, 6.45) is 12.1. The monoisotopic (exact) mass is 676 g/mol. The van der Waals surface area contributed by atoms with Crippen molar-refractivity contribution in [3.8, 4) is 16.8 Å². The van der Waals surface area contributed by atoms with E-state index < -0.39 is 0 Å². The fraction of sp³-hybridized carbons (Fsp3) is 0.0870. The van der Waals surface area contributed by atoms with Gasteiger partial charge in [-0.3, -0.25) is 0 Å². The van der Waals surface area contributed by atoms with Crippen molar-refractivity contribution in [1.82, 2.24) is 9.13 Å². The van der Waals surface area contributed by atoms with Crippen molar-refractivity contribution in [2.24, 2.45) is 0 Å². The zero-order chi connectivity index (χ0) is 33.1. The molecule has 50 heavy (non-hydrogen) atoms. The molecule has 2 aliphatic carbocycles. The van der Waals surface area contributed by atoms with Crippen LogP contribution in [0.25, 0.3) is 66.1 Å². The molecule has 2 nitrogen and oxygen atoms in total. The summed E-state index contributed by atoms with van der Waals surface area (Å²) in [4.78, 5) is 5.32. The number of benzene rings is 6. The molecule has 0 N–H and O–H groups in total. The Balaban J connectivity index is 1.22. The average molecular weight is 677 g/mol. The highest BCUT2D eigenvalue weighted by Gasteiger charge is 2.36. The molecule has 0 atom stereocenters. The minimum atomic E-state index is -0.0836. The van der Waals surface area contributed by atoms with Gasteiger partial charge in [-0.1, -0.05) is 110 Å². The van der Waals surface area contributed by atoms with E-state index in [9.17, 15) is 0 Å². The Hall–Kier alpha value is -5.16. The first-order chi connectivity index (χ1) is 24.5. The molecule has 4 heteroatoms. The van der Waals surface area contributed by atoms with Gasteiger partial charge in [0, 0.05) is 57.9 Å². The number of hydrogen-bond donors (Lipinski definition) is 0. The maximum Gasteiger partial charge on any atom is 0.0553 e. The van der Waals surface area contributed by atoms with Gasteiger partial charge in [0.2, 0.25) is 0 Å². The molecule has 11 rings (SSSR count). The first-order valence-electron chi connectivity index (χ1n) is 17.3. The van der Waals surface area contributed by atoms with E-state index in [1.165, 1.54) is 96.8 Å². The molecule has 0 amide bonds. The number of aromatic nitrogens is 2. The highest BCUT2D eigenvalue weighted by Crippen LogP contribution is 2.54. The van der Waals surface area contributed by atoms with Gasteiger partial charge in [-0.2, -0.15) is 0 Å². The molecule has 3 aliphatic rings. The molecule has 1 aliphatic heterocycles. The molecule has 0 fully saturated rings. The minimum absolute atomic E-state index is 0.0836. The van der Waals surface area contributed by atoms with Gasteiger partial charge < -0.3 is 9.13 Å². The van der Waals surface area contributed by atoms with Crippen molar-refractivity contribution in [3.63, 3.8) is 0 Å². The summed E-state index contributed by atoms with van der Waals surface area (Å²) in [5, 5.41) is 5.15. The Morgan fingerprint density at radius 3 is 2.10 bits per heavy atom. The molecule has 0 bridgehead atoms. The van der Waals surface area contributed by atoms with E-state index >= 15 is 0 Å². The smallest absolute Gasteiger partial charge is 0.0553 e. The first-order valence-corrected chi connectivity index (χ1v) is 19.0. The lowest BCUT2D eigenvalue weighted by atomic mass is 9.82. The van der Waals surface area contributed by atoms with E-state index in [4.69, 9.17) is 0 Å². The molecule has 0 spiro atoms. The lowest BCUT2D eigenvalue weighted by Gasteiger charge is -2.21. The van der Waals surface area contributed by atoms with Crippen molar-refractivity contribution in [2.75, 3.05) is 0 Å². The Morgan fingerprint density at radius 2 is 1.22 bits per heavy atom. The second-order valence-electron chi connectivity index (χ2n) is 14.1. The summed E-state index contributed by atoms with van der Waals surface area (Å²) in [6, 6.07) is 43.6. The molecule has 2 aromatic heterocycles. The number of allylic oxidation sites excluding steroid dienone is 6. The van der Waals surface area contributed by atoms with Crippen molar-refractivity contribution >= 4 is 72.8 Å². The van der Waals surface area contributed by atoms with E-state index in [-0.39, 0.29) is 5.41 Å². The molecule has 0 saturated heterocycles. The number of nitrogens with zero attached hydrogens (tertiary/aromatic N) is 2. The molecule has 6 aromatic carbocycles. The van der Waals surface area contributed by atoms with Crippen molar-refractivity contribution in [3.05, 3.63) is 157 Å². The predicted molar refractivity (Wildman–Crippen MR) is 213 cm³/mol. The van der Waals surface area contributed by atoms with Crippen LogP contribution in [0.2, 0.25) is 0 Å². The van der Waals surface area contributed by atoms with Gasteiger partial charge in [0.1, 0.15) is 0 Å². The number of para-hydroxylation sites is 1. The molecule has 0 radical (unpaired) electrons. The second-order valence-corrected chi connectivity index (χ2v) is 16.3. The molecule has 0 saturated carbocycles. The summed E-state index contributed by atoms with van der Waals surface area (Å²) in [7, 11) is 0. The Bertz CT molecular complexity index is 2870. The van der Waals surface area contributed by atoms with E-state index in [1.54, 1.807) is 0 Å². The average Bonchev–Trinajstić information content (AvgIpc) is 3.59. The zero-order valence-electron chi connectivity index (χ0n) is 27.8. The van der Waals surface area contributed by atoms with Gasteiger partial charge in [-0.05, 0) is 101 Å². The van der Waals surface area contributed by atoms with Crippen molar-refractivity contribution in [1.29, 1.82) is 0 Å².